The maximum atomic E-state index is 12.5. The van der Waals surface area contributed by atoms with Gasteiger partial charge in [0.1, 0.15) is 0 Å². The average molecular weight is 374 g/mol. The fourth-order valence-electron chi connectivity index (χ4n) is 2.45. The van der Waals surface area contributed by atoms with E-state index in [0.717, 1.165) is 17.7 Å². The number of hydrogen-bond donors (Lipinski definition) is 0. The lowest BCUT2D eigenvalue weighted by Crippen LogP contribution is -2.26. The number of halogens is 1. The van der Waals surface area contributed by atoms with Crippen LogP contribution in [0.1, 0.15) is 32.8 Å². The normalized spacial score (nSPS) is 14.6. The van der Waals surface area contributed by atoms with Crippen molar-refractivity contribution in [3.63, 3.8) is 0 Å². The van der Waals surface area contributed by atoms with Crippen molar-refractivity contribution in [3.05, 3.63) is 22.2 Å². The van der Waals surface area contributed by atoms with Gasteiger partial charge in [-0.2, -0.15) is 0 Å². The van der Waals surface area contributed by atoms with E-state index in [1.807, 2.05) is 19.9 Å². The van der Waals surface area contributed by atoms with Gasteiger partial charge < -0.3 is 4.90 Å². The first kappa shape index (κ1) is 16.5. The average Bonchev–Trinajstić information content (AvgIpc) is 2.78. The molecule has 0 N–H and O–H groups in total. The zero-order valence-corrected chi connectivity index (χ0v) is 14.9. The minimum absolute atomic E-state index is 0.0541. The Morgan fingerprint density at radius 3 is 2.62 bits per heavy atom. The number of amides is 1. The molecule has 6 heteroatoms. The molecule has 4 nitrogen and oxygen atoms in total. The number of anilines is 1. The summed E-state index contributed by atoms with van der Waals surface area (Å²) in [5, 5.41) is 0. The summed E-state index contributed by atoms with van der Waals surface area (Å²) < 4.78 is 25.6. The van der Waals surface area contributed by atoms with Gasteiger partial charge >= 0.3 is 0 Å². The van der Waals surface area contributed by atoms with Crippen LogP contribution in [0.2, 0.25) is 0 Å². The molecule has 1 aliphatic rings. The Labute approximate surface area is 134 Å². The number of rotatable bonds is 4. The minimum Gasteiger partial charge on any atom is -0.312 e. The Morgan fingerprint density at radius 1 is 1.38 bits per heavy atom. The SMILES string of the molecule is CC(=O)N1CCc2cc(Br)c(S(=O)(=O)CCC(C)C)cc21. The molecule has 0 saturated heterocycles. The maximum Gasteiger partial charge on any atom is 0.223 e. The van der Waals surface area contributed by atoms with Crippen LogP contribution in [0, 0.1) is 5.92 Å². The summed E-state index contributed by atoms with van der Waals surface area (Å²) in [6.45, 7) is 6.13. The second-order valence-corrected chi connectivity index (χ2v) is 8.77. The number of fused-ring (bicyclic) bond motifs is 1. The van der Waals surface area contributed by atoms with Crippen LogP contribution >= 0.6 is 15.9 Å². The van der Waals surface area contributed by atoms with Crippen molar-refractivity contribution in [2.45, 2.75) is 38.5 Å². The maximum absolute atomic E-state index is 12.5. The van der Waals surface area contributed by atoms with Crippen LogP contribution in [0.15, 0.2) is 21.5 Å². The Bertz CT molecular complexity index is 668. The standard InChI is InChI=1S/C15H20BrNO3S/c1-10(2)5-7-21(19,20)15-9-14-12(8-13(15)16)4-6-17(14)11(3)18/h8-10H,4-7H2,1-3H3. The van der Waals surface area contributed by atoms with E-state index in [1.165, 1.54) is 6.92 Å². The molecule has 1 amide bonds. The summed E-state index contributed by atoms with van der Waals surface area (Å²) in [6, 6.07) is 3.48. The smallest absolute Gasteiger partial charge is 0.223 e. The van der Waals surface area contributed by atoms with Gasteiger partial charge in [-0.15, -0.1) is 0 Å². The molecule has 0 saturated carbocycles. The molecule has 0 unspecified atom stereocenters. The molecule has 1 aliphatic heterocycles. The van der Waals surface area contributed by atoms with Crippen molar-refractivity contribution >= 4 is 37.4 Å². The molecular weight excluding hydrogens is 354 g/mol. The van der Waals surface area contributed by atoms with Crippen LogP contribution in [0.3, 0.4) is 0 Å². The molecule has 0 aromatic heterocycles. The lowest BCUT2D eigenvalue weighted by atomic mass is 10.2. The number of nitrogens with zero attached hydrogens (tertiary/aromatic N) is 1. The third-order valence-corrected chi connectivity index (χ3v) is 6.41. The minimum atomic E-state index is -3.34. The summed E-state index contributed by atoms with van der Waals surface area (Å²) in [7, 11) is -3.34. The van der Waals surface area contributed by atoms with Crippen LogP contribution < -0.4 is 4.90 Å². The molecule has 0 bridgehead atoms. The molecule has 1 aromatic rings. The van der Waals surface area contributed by atoms with Crippen molar-refractivity contribution in [1.29, 1.82) is 0 Å². The van der Waals surface area contributed by atoms with Crippen LogP contribution in [0.5, 0.6) is 0 Å². The van der Waals surface area contributed by atoms with Crippen LogP contribution in [-0.2, 0) is 21.1 Å². The Hall–Kier alpha value is -0.880. The van der Waals surface area contributed by atoms with E-state index < -0.39 is 9.84 Å². The number of carbonyl (C=O) groups excluding carboxylic acids is 1. The van der Waals surface area contributed by atoms with Crippen molar-refractivity contribution in [1.82, 2.24) is 0 Å². The molecule has 0 radical (unpaired) electrons. The van der Waals surface area contributed by atoms with Gasteiger partial charge in [0.25, 0.3) is 0 Å². The predicted molar refractivity (Wildman–Crippen MR) is 87.4 cm³/mol. The topological polar surface area (TPSA) is 54.5 Å². The predicted octanol–water partition coefficient (Wildman–Crippen LogP) is 3.18. The van der Waals surface area contributed by atoms with Crippen molar-refractivity contribution in [2.75, 3.05) is 17.2 Å². The Morgan fingerprint density at radius 2 is 2.05 bits per heavy atom. The van der Waals surface area contributed by atoms with Crippen molar-refractivity contribution in [3.8, 4) is 0 Å². The third kappa shape index (κ3) is 3.48. The lowest BCUT2D eigenvalue weighted by molar-refractivity contribution is -0.116. The van der Waals surface area contributed by atoms with Crippen LogP contribution in [-0.4, -0.2) is 26.6 Å². The van der Waals surface area contributed by atoms with Gasteiger partial charge in [0.15, 0.2) is 9.84 Å². The van der Waals surface area contributed by atoms with Gasteiger partial charge in [-0.05, 0) is 52.4 Å². The number of carbonyl (C=O) groups is 1. The van der Waals surface area contributed by atoms with Gasteiger partial charge in [-0.1, -0.05) is 13.8 Å². The highest BCUT2D eigenvalue weighted by molar-refractivity contribution is 9.10. The van der Waals surface area contributed by atoms with Gasteiger partial charge in [-0.3, -0.25) is 4.79 Å². The molecule has 116 valence electrons. The van der Waals surface area contributed by atoms with Crippen LogP contribution in [0.4, 0.5) is 5.69 Å². The van der Waals surface area contributed by atoms with E-state index in [1.54, 1.807) is 11.0 Å². The van der Waals surface area contributed by atoms with E-state index in [-0.39, 0.29) is 16.6 Å². The molecule has 0 fully saturated rings. The fraction of sp³-hybridized carbons (Fsp3) is 0.533. The quantitative estimate of drug-likeness (QED) is 0.814. The van der Waals surface area contributed by atoms with Gasteiger partial charge in [0.05, 0.1) is 10.6 Å². The molecule has 1 heterocycles. The first-order valence-electron chi connectivity index (χ1n) is 7.05. The summed E-state index contributed by atoms with van der Waals surface area (Å²) in [4.78, 5) is 13.6. The highest BCUT2D eigenvalue weighted by Gasteiger charge is 2.27. The largest absolute Gasteiger partial charge is 0.312 e. The second kappa shape index (κ2) is 6.08. The van der Waals surface area contributed by atoms with Gasteiger partial charge in [0.2, 0.25) is 5.91 Å². The Kier molecular flexibility index (Phi) is 4.78. The first-order valence-corrected chi connectivity index (χ1v) is 9.50. The molecule has 0 spiro atoms. The summed E-state index contributed by atoms with van der Waals surface area (Å²) in [5.74, 6) is 0.408. The van der Waals surface area contributed by atoms with Crippen LogP contribution in [0.25, 0.3) is 0 Å². The fourth-order valence-corrected chi connectivity index (χ4v) is 5.23. The lowest BCUT2D eigenvalue weighted by Gasteiger charge is -2.17. The molecule has 0 aliphatic carbocycles. The molecule has 0 atom stereocenters. The van der Waals surface area contributed by atoms with Gasteiger partial charge in [0, 0.05) is 23.6 Å². The van der Waals surface area contributed by atoms with E-state index in [2.05, 4.69) is 15.9 Å². The van der Waals surface area contributed by atoms with E-state index in [0.29, 0.717) is 23.4 Å². The Balaban J connectivity index is 2.42. The summed E-state index contributed by atoms with van der Waals surface area (Å²) in [6.07, 6.45) is 1.39. The second-order valence-electron chi connectivity index (χ2n) is 5.83. The van der Waals surface area contributed by atoms with E-state index in [4.69, 9.17) is 0 Å². The molecular formula is C15H20BrNO3S. The third-order valence-electron chi connectivity index (χ3n) is 3.71. The molecule has 21 heavy (non-hydrogen) atoms. The number of benzene rings is 1. The van der Waals surface area contributed by atoms with E-state index >= 15 is 0 Å². The van der Waals surface area contributed by atoms with E-state index in [9.17, 15) is 13.2 Å². The summed E-state index contributed by atoms with van der Waals surface area (Å²) >= 11 is 3.37. The highest BCUT2D eigenvalue weighted by atomic mass is 79.9. The molecule has 1 aromatic carbocycles. The van der Waals surface area contributed by atoms with Crippen molar-refractivity contribution < 1.29 is 13.2 Å². The summed E-state index contributed by atoms with van der Waals surface area (Å²) in [5.41, 5.74) is 1.74. The number of hydrogen-bond acceptors (Lipinski definition) is 3. The highest BCUT2D eigenvalue weighted by Crippen LogP contribution is 2.36. The zero-order chi connectivity index (χ0) is 15.8. The first-order chi connectivity index (χ1) is 9.72. The van der Waals surface area contributed by atoms with Crippen molar-refractivity contribution in [2.24, 2.45) is 5.92 Å². The molecule has 2 rings (SSSR count). The monoisotopic (exact) mass is 373 g/mol. The van der Waals surface area contributed by atoms with Gasteiger partial charge in [-0.25, -0.2) is 8.42 Å². The zero-order valence-electron chi connectivity index (χ0n) is 12.5. The number of sulfone groups is 1.